The second-order valence-electron chi connectivity index (χ2n) is 14.3. The van der Waals surface area contributed by atoms with E-state index in [0.29, 0.717) is 49.5 Å². The summed E-state index contributed by atoms with van der Waals surface area (Å²) >= 11 is 0. The molecule has 2 saturated heterocycles. The van der Waals surface area contributed by atoms with Gasteiger partial charge in [0.05, 0.1) is 36.2 Å². The van der Waals surface area contributed by atoms with Gasteiger partial charge in [-0.15, -0.1) is 0 Å². The summed E-state index contributed by atoms with van der Waals surface area (Å²) in [7, 11) is -4.23. The molecule has 0 bridgehead atoms. The van der Waals surface area contributed by atoms with Crippen LogP contribution in [0.1, 0.15) is 49.0 Å². The van der Waals surface area contributed by atoms with Crippen LogP contribution in [0.4, 0.5) is 9.18 Å². The number of amides is 2. The van der Waals surface area contributed by atoms with Gasteiger partial charge in [0.2, 0.25) is 16.8 Å². The molecule has 3 aliphatic heterocycles. The highest BCUT2D eigenvalue weighted by Gasteiger charge is 2.44. The summed E-state index contributed by atoms with van der Waals surface area (Å²) in [5.74, 6) is -0.149. The molecule has 5 atom stereocenters. The minimum atomic E-state index is -4.23. The van der Waals surface area contributed by atoms with Crippen molar-refractivity contribution in [3.63, 3.8) is 0 Å². The average molecular weight is 756 g/mol. The van der Waals surface area contributed by atoms with Gasteiger partial charge >= 0.3 is 6.09 Å². The molecule has 286 valence electrons. The minimum Gasteiger partial charge on any atom is -0.454 e. The molecular weight excluding hydrogens is 709 g/mol. The first-order valence-corrected chi connectivity index (χ1v) is 19.2. The van der Waals surface area contributed by atoms with Crippen LogP contribution in [0.3, 0.4) is 0 Å². The Kier molecular flexibility index (Phi) is 12.2. The molecule has 3 heterocycles. The van der Waals surface area contributed by atoms with E-state index in [0.717, 1.165) is 5.56 Å². The zero-order valence-electron chi connectivity index (χ0n) is 29.7. The van der Waals surface area contributed by atoms with Gasteiger partial charge in [-0.3, -0.25) is 4.79 Å². The molecule has 3 aromatic carbocycles. The highest BCUT2D eigenvalue weighted by atomic mass is 32.2. The Morgan fingerprint density at radius 2 is 1.79 bits per heavy atom. The Bertz CT molecular complexity index is 1830. The van der Waals surface area contributed by atoms with E-state index in [2.05, 4.69) is 10.6 Å². The Morgan fingerprint density at radius 1 is 1.04 bits per heavy atom. The summed E-state index contributed by atoms with van der Waals surface area (Å²) in [5, 5.41) is 17.5. The van der Waals surface area contributed by atoms with E-state index in [9.17, 15) is 27.5 Å². The number of rotatable bonds is 16. The lowest BCUT2D eigenvalue weighted by molar-refractivity contribution is -0.0907. The van der Waals surface area contributed by atoms with Crippen LogP contribution in [0.2, 0.25) is 0 Å². The number of nitrogens with one attached hydrogen (secondary N) is 2. The smallest absolute Gasteiger partial charge is 0.407 e. The number of hydrogen-bond acceptors (Lipinski definition) is 10. The van der Waals surface area contributed by atoms with Crippen molar-refractivity contribution < 1.29 is 51.2 Å². The molecule has 15 heteroatoms. The van der Waals surface area contributed by atoms with Crippen LogP contribution in [-0.4, -0.2) is 94.0 Å². The summed E-state index contributed by atoms with van der Waals surface area (Å²) in [6, 6.07) is 17.9. The van der Waals surface area contributed by atoms with Gasteiger partial charge in [0.15, 0.2) is 17.8 Å². The summed E-state index contributed by atoms with van der Waals surface area (Å²) in [5.41, 5.74) is 0.517. The lowest BCUT2D eigenvalue weighted by Crippen LogP contribution is -2.52. The zero-order chi connectivity index (χ0) is 37.6. The highest BCUT2D eigenvalue weighted by Crippen LogP contribution is 2.36. The van der Waals surface area contributed by atoms with Crippen LogP contribution in [0.5, 0.6) is 11.5 Å². The van der Waals surface area contributed by atoms with E-state index < -0.39 is 51.9 Å². The normalized spacial score (nSPS) is 20.5. The van der Waals surface area contributed by atoms with Crippen molar-refractivity contribution in [1.29, 1.82) is 0 Å². The van der Waals surface area contributed by atoms with Gasteiger partial charge in [0.25, 0.3) is 5.91 Å². The topological polar surface area (TPSA) is 162 Å². The quantitative estimate of drug-likeness (QED) is 0.181. The number of aliphatic hydroxyl groups is 1. The van der Waals surface area contributed by atoms with Crippen molar-refractivity contribution in [2.24, 2.45) is 11.3 Å². The number of carbonyl (C=O) groups is 2. The molecule has 2 fully saturated rings. The molecule has 0 unspecified atom stereocenters. The maximum atomic E-state index is 14.4. The van der Waals surface area contributed by atoms with Gasteiger partial charge in [-0.2, -0.15) is 4.31 Å². The Hall–Kier alpha value is -4.28. The standard InChI is InChI=1S/C38H46FN3O10S/c1-38(2,16-6-17-40-35(44)26-9-11-27(39)12-10-26)23-42(53(46,47)28-13-14-32-33(20-28)51-24-50-32)21-31(43)30(19-25-7-4-3-5-8-25)41-37(45)52-34-22-49-36-29(34)15-18-48-36/h3-5,7-14,20,29-31,34,36,43H,6,15-19,21-24H2,1-2H3,(H,40,44)(H,41,45)/t29-,30-,31+,34-,36+/m0/s1. The highest BCUT2D eigenvalue weighted by molar-refractivity contribution is 7.89. The molecule has 0 aliphatic carbocycles. The van der Waals surface area contributed by atoms with E-state index in [-0.39, 0.29) is 49.6 Å². The maximum absolute atomic E-state index is 14.4. The first kappa shape index (κ1) is 38.4. The number of aliphatic hydroxyl groups excluding tert-OH is 1. The number of ether oxygens (including phenoxy) is 5. The summed E-state index contributed by atoms with van der Waals surface area (Å²) < 4.78 is 71.0. The largest absolute Gasteiger partial charge is 0.454 e. The minimum absolute atomic E-state index is 0.00225. The molecule has 3 N–H and O–H groups in total. The second kappa shape index (κ2) is 16.8. The van der Waals surface area contributed by atoms with Crippen LogP contribution < -0.4 is 20.1 Å². The van der Waals surface area contributed by atoms with Gasteiger partial charge in [0.1, 0.15) is 11.9 Å². The Labute approximate surface area is 308 Å². The molecule has 2 amide bonds. The number of carbonyl (C=O) groups excluding carboxylic acids is 2. The molecule has 0 saturated carbocycles. The van der Waals surface area contributed by atoms with Crippen LogP contribution in [-0.2, 0) is 30.7 Å². The molecule has 53 heavy (non-hydrogen) atoms. The van der Waals surface area contributed by atoms with Gasteiger partial charge in [0, 0.05) is 31.3 Å². The molecule has 6 rings (SSSR count). The van der Waals surface area contributed by atoms with Crippen LogP contribution >= 0.6 is 0 Å². The average Bonchev–Trinajstić information content (AvgIpc) is 3.89. The lowest BCUT2D eigenvalue weighted by Gasteiger charge is -2.35. The third kappa shape index (κ3) is 9.83. The number of hydrogen-bond donors (Lipinski definition) is 3. The maximum Gasteiger partial charge on any atom is 0.407 e. The Morgan fingerprint density at radius 3 is 2.57 bits per heavy atom. The Balaban J connectivity index is 1.18. The number of fused-ring (bicyclic) bond motifs is 2. The van der Waals surface area contributed by atoms with Crippen LogP contribution in [0, 0.1) is 17.2 Å². The van der Waals surface area contributed by atoms with Crippen molar-refractivity contribution in [3.05, 3.63) is 89.7 Å². The third-order valence-electron chi connectivity index (χ3n) is 9.71. The second-order valence-corrected chi connectivity index (χ2v) is 16.3. The lowest BCUT2D eigenvalue weighted by atomic mass is 9.87. The monoisotopic (exact) mass is 755 g/mol. The number of sulfonamides is 1. The van der Waals surface area contributed by atoms with Crippen molar-refractivity contribution in [3.8, 4) is 11.5 Å². The molecule has 3 aromatic rings. The fourth-order valence-electron chi connectivity index (χ4n) is 6.82. The van der Waals surface area contributed by atoms with E-state index >= 15 is 0 Å². The predicted octanol–water partition coefficient (Wildman–Crippen LogP) is 4.24. The van der Waals surface area contributed by atoms with Crippen LogP contribution in [0.15, 0.2) is 77.7 Å². The molecule has 0 spiro atoms. The van der Waals surface area contributed by atoms with Crippen molar-refractivity contribution in [2.75, 3.05) is 39.6 Å². The van der Waals surface area contributed by atoms with Gasteiger partial charge in [-0.05, 0) is 73.1 Å². The summed E-state index contributed by atoms with van der Waals surface area (Å²) in [6.45, 7) is 4.44. The number of alkyl carbamates (subject to hydrolysis) is 1. The van der Waals surface area contributed by atoms with Crippen molar-refractivity contribution in [2.45, 2.75) is 69.0 Å². The van der Waals surface area contributed by atoms with Crippen molar-refractivity contribution in [1.82, 2.24) is 14.9 Å². The van der Waals surface area contributed by atoms with Gasteiger partial charge < -0.3 is 39.4 Å². The molecule has 0 radical (unpaired) electrons. The van der Waals surface area contributed by atoms with Crippen LogP contribution in [0.25, 0.3) is 0 Å². The first-order chi connectivity index (χ1) is 25.4. The third-order valence-corrected chi connectivity index (χ3v) is 11.5. The summed E-state index contributed by atoms with van der Waals surface area (Å²) in [4.78, 5) is 25.8. The molecule has 0 aromatic heterocycles. The SMILES string of the molecule is CC(C)(CCCNC(=O)c1ccc(F)cc1)CN(C[C@@H](O)[C@H](Cc1ccccc1)NC(=O)O[C@H]1CO[C@H]2OCC[C@H]21)S(=O)(=O)c1ccc2c(c1)OCO2. The number of benzene rings is 3. The van der Waals surface area contributed by atoms with E-state index in [1.54, 1.807) is 0 Å². The molecule has 13 nitrogen and oxygen atoms in total. The zero-order valence-corrected chi connectivity index (χ0v) is 30.6. The van der Waals surface area contributed by atoms with E-state index in [1.807, 2.05) is 44.2 Å². The fraction of sp³-hybridized carbons (Fsp3) is 0.474. The summed E-state index contributed by atoms with van der Waals surface area (Å²) in [6.07, 6.45) is -1.12. The van der Waals surface area contributed by atoms with E-state index in [1.165, 1.54) is 46.8 Å². The van der Waals surface area contributed by atoms with Crippen molar-refractivity contribution >= 4 is 22.0 Å². The molecule has 3 aliphatic rings. The predicted molar refractivity (Wildman–Crippen MR) is 190 cm³/mol. The number of halogens is 1. The number of nitrogens with zero attached hydrogens (tertiary/aromatic N) is 1. The van der Waals surface area contributed by atoms with Gasteiger partial charge in [-0.25, -0.2) is 17.6 Å². The first-order valence-electron chi connectivity index (χ1n) is 17.7. The van der Waals surface area contributed by atoms with E-state index in [4.69, 9.17) is 23.7 Å². The van der Waals surface area contributed by atoms with Gasteiger partial charge in [-0.1, -0.05) is 44.2 Å². The molecular formula is C38H46FN3O10S. The fourth-order valence-corrected chi connectivity index (χ4v) is 8.48.